The number of hydrogen-bond donors (Lipinski definition) is 2. The van der Waals surface area contributed by atoms with E-state index in [1.807, 2.05) is 12.1 Å². The summed E-state index contributed by atoms with van der Waals surface area (Å²) < 4.78 is 31.7. The van der Waals surface area contributed by atoms with Gasteiger partial charge in [-0.05, 0) is 92.0 Å². The molecule has 12 heteroatoms. The molecule has 0 spiro atoms. The third-order valence-corrected chi connectivity index (χ3v) is 6.50. The van der Waals surface area contributed by atoms with Crippen molar-refractivity contribution < 1.29 is 27.9 Å². The second-order valence-electron chi connectivity index (χ2n) is 7.49. The SMILES string of the molecule is COc1cc(/C=N\NC(=O)c2cc3cc(Br)cc(Br)c3o2)cc(Br)c1OCC(=O)Nc1ccc(F)cc1. The predicted octanol–water partition coefficient (Wildman–Crippen LogP) is 6.65. The number of rotatable bonds is 8. The molecule has 190 valence electrons. The van der Waals surface area contributed by atoms with Crippen LogP contribution in [0, 0.1) is 5.82 Å². The monoisotopic (exact) mass is 695 g/mol. The van der Waals surface area contributed by atoms with E-state index in [1.54, 1.807) is 18.2 Å². The lowest BCUT2D eigenvalue weighted by molar-refractivity contribution is -0.118. The van der Waals surface area contributed by atoms with Crippen molar-refractivity contribution in [2.45, 2.75) is 0 Å². The fraction of sp³-hybridized carbons (Fsp3) is 0.0800. The molecule has 0 aliphatic rings. The summed E-state index contributed by atoms with van der Waals surface area (Å²) in [5.74, 6) is -0.608. The second-order valence-corrected chi connectivity index (χ2v) is 10.1. The first kappa shape index (κ1) is 26.8. The minimum absolute atomic E-state index is 0.104. The Balaban J connectivity index is 1.39. The van der Waals surface area contributed by atoms with Gasteiger partial charge in [-0.15, -0.1) is 0 Å². The van der Waals surface area contributed by atoms with Crippen LogP contribution in [-0.2, 0) is 4.79 Å². The van der Waals surface area contributed by atoms with Crippen LogP contribution in [0.5, 0.6) is 11.5 Å². The molecule has 37 heavy (non-hydrogen) atoms. The van der Waals surface area contributed by atoms with Crippen LogP contribution in [0.15, 0.2) is 77.5 Å². The Morgan fingerprint density at radius 2 is 1.81 bits per heavy atom. The van der Waals surface area contributed by atoms with Gasteiger partial charge in [0.05, 0.1) is 22.3 Å². The summed E-state index contributed by atoms with van der Waals surface area (Å²) in [4.78, 5) is 24.7. The molecule has 0 aliphatic heterocycles. The number of nitrogens with one attached hydrogen (secondary N) is 2. The standard InChI is InChI=1S/C25H17Br3FN3O5/c1-35-20-7-13(6-18(27)24(20)36-12-22(33)31-17-4-2-16(29)3-5-17)11-30-32-25(34)21-9-14-8-15(26)10-19(28)23(14)37-21/h2-11H,12H2,1H3,(H,31,33)(H,32,34)/b30-11-. The Labute approximate surface area is 235 Å². The summed E-state index contributed by atoms with van der Waals surface area (Å²) in [7, 11) is 1.45. The number of amides is 2. The molecular weight excluding hydrogens is 681 g/mol. The summed E-state index contributed by atoms with van der Waals surface area (Å²) in [5.41, 5.74) is 4.00. The van der Waals surface area contributed by atoms with Gasteiger partial charge in [0.1, 0.15) is 11.4 Å². The fourth-order valence-electron chi connectivity index (χ4n) is 3.23. The molecule has 4 aromatic rings. The molecule has 1 aromatic heterocycles. The first-order valence-corrected chi connectivity index (χ1v) is 12.9. The van der Waals surface area contributed by atoms with Gasteiger partial charge in [0.2, 0.25) is 0 Å². The summed E-state index contributed by atoms with van der Waals surface area (Å²) in [6.45, 7) is -0.306. The lowest BCUT2D eigenvalue weighted by atomic mass is 10.2. The van der Waals surface area contributed by atoms with Gasteiger partial charge >= 0.3 is 5.91 Å². The average molecular weight is 698 g/mol. The zero-order valence-corrected chi connectivity index (χ0v) is 23.7. The zero-order valence-electron chi connectivity index (χ0n) is 19.0. The summed E-state index contributed by atoms with van der Waals surface area (Å²) in [5, 5.41) is 7.36. The molecule has 2 amide bonds. The largest absolute Gasteiger partial charge is 0.493 e. The third kappa shape index (κ3) is 6.76. The maximum atomic E-state index is 13.0. The Morgan fingerprint density at radius 1 is 1.05 bits per heavy atom. The van der Waals surface area contributed by atoms with Gasteiger partial charge in [0, 0.05) is 15.5 Å². The Kier molecular flexibility index (Phi) is 8.62. The highest BCUT2D eigenvalue weighted by Gasteiger charge is 2.15. The number of halogens is 4. The molecule has 4 rings (SSSR count). The van der Waals surface area contributed by atoms with Crippen molar-refractivity contribution in [3.63, 3.8) is 0 Å². The molecule has 0 atom stereocenters. The number of hydrogen-bond acceptors (Lipinski definition) is 6. The molecule has 0 radical (unpaired) electrons. The van der Waals surface area contributed by atoms with E-state index >= 15 is 0 Å². The van der Waals surface area contributed by atoms with E-state index in [9.17, 15) is 14.0 Å². The highest BCUT2D eigenvalue weighted by Crippen LogP contribution is 2.36. The number of furan rings is 1. The third-order valence-electron chi connectivity index (χ3n) is 4.87. The predicted molar refractivity (Wildman–Crippen MR) is 148 cm³/mol. The van der Waals surface area contributed by atoms with E-state index in [-0.39, 0.29) is 12.4 Å². The minimum Gasteiger partial charge on any atom is -0.493 e. The molecule has 2 N–H and O–H groups in total. The van der Waals surface area contributed by atoms with Gasteiger partial charge < -0.3 is 19.2 Å². The quantitative estimate of drug-likeness (QED) is 0.159. The topological polar surface area (TPSA) is 102 Å². The second kappa shape index (κ2) is 11.9. The Morgan fingerprint density at radius 3 is 2.54 bits per heavy atom. The number of benzene rings is 3. The van der Waals surface area contributed by atoms with Crippen LogP contribution in [0.1, 0.15) is 16.1 Å². The number of carbonyl (C=O) groups is 2. The smallest absolute Gasteiger partial charge is 0.307 e. The molecule has 0 bridgehead atoms. The number of anilines is 1. The number of ether oxygens (including phenoxy) is 2. The fourth-order valence-corrected chi connectivity index (χ4v) is 5.14. The van der Waals surface area contributed by atoms with E-state index in [0.29, 0.717) is 37.3 Å². The van der Waals surface area contributed by atoms with E-state index in [4.69, 9.17) is 13.9 Å². The number of nitrogens with zero attached hydrogens (tertiary/aromatic N) is 1. The molecule has 0 saturated carbocycles. The van der Waals surface area contributed by atoms with Crippen LogP contribution >= 0.6 is 47.8 Å². The van der Waals surface area contributed by atoms with Gasteiger partial charge in [-0.2, -0.15) is 5.10 Å². The van der Waals surface area contributed by atoms with Crippen LogP contribution in [0.25, 0.3) is 11.0 Å². The molecule has 8 nitrogen and oxygen atoms in total. The van der Waals surface area contributed by atoms with Crippen LogP contribution in [0.4, 0.5) is 10.1 Å². The van der Waals surface area contributed by atoms with Crippen molar-refractivity contribution in [1.29, 1.82) is 0 Å². The molecule has 0 saturated heterocycles. The van der Waals surface area contributed by atoms with Gasteiger partial charge in [0.25, 0.3) is 5.91 Å². The van der Waals surface area contributed by atoms with Crippen molar-refractivity contribution in [1.82, 2.24) is 5.43 Å². The van der Waals surface area contributed by atoms with Crippen molar-refractivity contribution in [2.24, 2.45) is 5.10 Å². The lowest BCUT2D eigenvalue weighted by Crippen LogP contribution is -2.20. The summed E-state index contributed by atoms with van der Waals surface area (Å²) in [6, 6.07) is 14.0. The molecular formula is C25H17Br3FN3O5. The van der Waals surface area contributed by atoms with E-state index in [0.717, 1.165) is 9.86 Å². The Bertz CT molecular complexity index is 1510. The van der Waals surface area contributed by atoms with Crippen molar-refractivity contribution >= 4 is 82.5 Å². The van der Waals surface area contributed by atoms with Gasteiger partial charge in [-0.3, -0.25) is 9.59 Å². The molecule has 1 heterocycles. The molecule has 0 unspecified atom stereocenters. The number of fused-ring (bicyclic) bond motifs is 1. The maximum absolute atomic E-state index is 13.0. The highest BCUT2D eigenvalue weighted by molar-refractivity contribution is 9.11. The van der Waals surface area contributed by atoms with Crippen molar-refractivity contribution in [2.75, 3.05) is 19.0 Å². The molecule has 0 aliphatic carbocycles. The van der Waals surface area contributed by atoms with Crippen LogP contribution in [0.2, 0.25) is 0 Å². The maximum Gasteiger partial charge on any atom is 0.307 e. The Hall–Kier alpha value is -3.22. The van der Waals surface area contributed by atoms with Gasteiger partial charge in [0.15, 0.2) is 23.9 Å². The zero-order chi connectivity index (χ0) is 26.5. The molecule has 3 aromatic carbocycles. The lowest BCUT2D eigenvalue weighted by Gasteiger charge is -2.13. The van der Waals surface area contributed by atoms with Gasteiger partial charge in [-0.1, -0.05) is 15.9 Å². The van der Waals surface area contributed by atoms with E-state index in [1.165, 1.54) is 37.6 Å². The summed E-state index contributed by atoms with van der Waals surface area (Å²) >= 11 is 10.2. The van der Waals surface area contributed by atoms with E-state index < -0.39 is 17.6 Å². The van der Waals surface area contributed by atoms with Crippen molar-refractivity contribution in [3.05, 3.63) is 85.2 Å². The van der Waals surface area contributed by atoms with Crippen LogP contribution in [0.3, 0.4) is 0 Å². The minimum atomic E-state index is -0.520. The van der Waals surface area contributed by atoms with E-state index in [2.05, 4.69) is 63.6 Å². The van der Waals surface area contributed by atoms with Crippen LogP contribution < -0.4 is 20.2 Å². The van der Waals surface area contributed by atoms with Gasteiger partial charge in [-0.25, -0.2) is 9.82 Å². The highest BCUT2D eigenvalue weighted by atomic mass is 79.9. The summed E-state index contributed by atoms with van der Waals surface area (Å²) in [6.07, 6.45) is 1.42. The van der Waals surface area contributed by atoms with Crippen molar-refractivity contribution in [3.8, 4) is 11.5 Å². The number of hydrazone groups is 1. The average Bonchev–Trinajstić information content (AvgIpc) is 3.29. The molecule has 0 fully saturated rings. The first-order valence-electron chi connectivity index (χ1n) is 10.5. The first-order chi connectivity index (χ1) is 17.7. The normalized spacial score (nSPS) is 11.1. The number of methoxy groups -OCH3 is 1. The number of carbonyl (C=O) groups excluding carboxylic acids is 2. The van der Waals surface area contributed by atoms with Crippen LogP contribution in [-0.4, -0.2) is 31.7 Å².